The number of halogens is 3. The third kappa shape index (κ3) is 7.48. The average molecular weight is 558 g/mol. The van der Waals surface area contributed by atoms with Gasteiger partial charge in [-0.2, -0.15) is 13.2 Å². The fourth-order valence-electron chi connectivity index (χ4n) is 4.54. The fourth-order valence-corrected chi connectivity index (χ4v) is 6.61. The molecule has 7 nitrogen and oxygen atoms in total. The van der Waals surface area contributed by atoms with Crippen LogP contribution in [0, 0.1) is 5.92 Å². The van der Waals surface area contributed by atoms with Gasteiger partial charge in [0.2, 0.25) is 5.91 Å². The minimum atomic E-state index is -4.60. The molecule has 3 atom stereocenters. The third-order valence-corrected chi connectivity index (χ3v) is 9.18. The summed E-state index contributed by atoms with van der Waals surface area (Å²) in [5.41, 5.74) is 4.95. The highest BCUT2D eigenvalue weighted by Crippen LogP contribution is 2.31. The minimum Gasteiger partial charge on any atom is -0.343 e. The van der Waals surface area contributed by atoms with Gasteiger partial charge in [0.1, 0.15) is 0 Å². The van der Waals surface area contributed by atoms with Crippen molar-refractivity contribution in [1.29, 1.82) is 0 Å². The molecule has 0 heterocycles. The Morgan fingerprint density at radius 1 is 1.14 bits per heavy atom. The Balaban J connectivity index is 1.67. The van der Waals surface area contributed by atoms with Gasteiger partial charge in [-0.25, -0.2) is 8.42 Å². The first-order valence-corrected chi connectivity index (χ1v) is 14.5. The van der Waals surface area contributed by atoms with Gasteiger partial charge in [0.15, 0.2) is 9.84 Å². The number of hydrogen-bond donors (Lipinski definition) is 2. The standard InChI is InChI=1S/C25H30F3N3O4S2/c1-31(23(32)14-30-24(33)16-4-3-5-18(12-16)25(26,27)28)22-11-6-19(29)13-17(22)15-37(34,35)21-9-7-20(36-2)8-10-21/h3-5,7-10,12,17,19,22H,6,11,13-15,29H2,1-2H3,(H,30,33)/t17-,19+,22+/m1/s1. The largest absolute Gasteiger partial charge is 0.416 e. The Kier molecular flexibility index (Phi) is 9.30. The molecule has 1 aliphatic carbocycles. The number of rotatable bonds is 8. The molecule has 0 saturated heterocycles. The van der Waals surface area contributed by atoms with Crippen LogP contribution in [0.5, 0.6) is 0 Å². The topological polar surface area (TPSA) is 110 Å². The van der Waals surface area contributed by atoms with Crippen LogP contribution in [0.3, 0.4) is 0 Å². The van der Waals surface area contributed by atoms with Crippen molar-refractivity contribution >= 4 is 33.4 Å². The number of hydrogen-bond acceptors (Lipinski definition) is 6. The molecule has 0 aromatic heterocycles. The van der Waals surface area contributed by atoms with E-state index in [1.807, 2.05) is 6.26 Å². The van der Waals surface area contributed by atoms with Gasteiger partial charge in [0.05, 0.1) is 22.8 Å². The molecule has 202 valence electrons. The van der Waals surface area contributed by atoms with E-state index in [-0.39, 0.29) is 22.3 Å². The summed E-state index contributed by atoms with van der Waals surface area (Å²) in [6, 6.07) is 9.93. The number of benzene rings is 2. The summed E-state index contributed by atoms with van der Waals surface area (Å²) in [7, 11) is -2.11. The summed E-state index contributed by atoms with van der Waals surface area (Å²) in [6.07, 6.45) is -1.18. The lowest BCUT2D eigenvalue weighted by molar-refractivity contribution is -0.137. The normalized spacial score (nSPS) is 20.3. The van der Waals surface area contributed by atoms with Crippen molar-refractivity contribution in [3.05, 3.63) is 59.7 Å². The van der Waals surface area contributed by atoms with E-state index in [0.717, 1.165) is 23.1 Å². The summed E-state index contributed by atoms with van der Waals surface area (Å²) >= 11 is 1.50. The lowest BCUT2D eigenvalue weighted by Gasteiger charge is -2.40. The number of nitrogens with zero attached hydrogens (tertiary/aromatic N) is 1. The second-order valence-electron chi connectivity index (χ2n) is 9.12. The predicted molar refractivity (Wildman–Crippen MR) is 136 cm³/mol. The van der Waals surface area contributed by atoms with Gasteiger partial charge in [0, 0.05) is 29.6 Å². The second-order valence-corrected chi connectivity index (χ2v) is 12.0. The number of carbonyl (C=O) groups excluding carboxylic acids is 2. The highest BCUT2D eigenvalue weighted by molar-refractivity contribution is 7.98. The summed E-state index contributed by atoms with van der Waals surface area (Å²) < 4.78 is 65.1. The zero-order valence-corrected chi connectivity index (χ0v) is 22.1. The molecule has 37 heavy (non-hydrogen) atoms. The van der Waals surface area contributed by atoms with Crippen LogP contribution in [-0.4, -0.2) is 62.8 Å². The summed E-state index contributed by atoms with van der Waals surface area (Å²) in [5, 5.41) is 2.36. The monoisotopic (exact) mass is 557 g/mol. The number of sulfone groups is 1. The Bertz CT molecular complexity index is 1220. The molecule has 2 aromatic rings. The molecule has 3 rings (SSSR count). The molecule has 0 spiro atoms. The first kappa shape index (κ1) is 29.0. The maximum absolute atomic E-state index is 13.1. The van der Waals surface area contributed by atoms with Crippen LogP contribution >= 0.6 is 11.8 Å². The van der Waals surface area contributed by atoms with Gasteiger partial charge >= 0.3 is 6.18 Å². The third-order valence-electron chi connectivity index (χ3n) is 6.58. The van der Waals surface area contributed by atoms with E-state index >= 15 is 0 Å². The number of likely N-dealkylation sites (N-methyl/N-ethyl adjacent to an activating group) is 1. The highest BCUT2D eigenvalue weighted by atomic mass is 32.2. The SMILES string of the molecule is CSc1ccc(S(=O)(=O)C[C@H]2C[C@@H](N)CC[C@@H]2N(C)C(=O)CNC(=O)c2cccc(C(F)(F)F)c2)cc1. The van der Waals surface area contributed by atoms with Crippen molar-refractivity contribution in [3.63, 3.8) is 0 Å². The molecule has 1 aliphatic rings. The van der Waals surface area contributed by atoms with Crippen LogP contribution in [0.15, 0.2) is 58.3 Å². The number of amides is 2. The molecule has 1 saturated carbocycles. The van der Waals surface area contributed by atoms with E-state index in [2.05, 4.69) is 5.32 Å². The van der Waals surface area contributed by atoms with Crippen molar-refractivity contribution in [2.75, 3.05) is 25.6 Å². The molecule has 3 N–H and O–H groups in total. The smallest absolute Gasteiger partial charge is 0.343 e. The van der Waals surface area contributed by atoms with E-state index in [0.29, 0.717) is 19.3 Å². The van der Waals surface area contributed by atoms with Gasteiger partial charge in [-0.15, -0.1) is 11.8 Å². The van der Waals surface area contributed by atoms with E-state index in [9.17, 15) is 31.2 Å². The molecular formula is C25H30F3N3O4S2. The average Bonchev–Trinajstić information content (AvgIpc) is 2.86. The molecule has 0 bridgehead atoms. The molecular weight excluding hydrogens is 527 g/mol. The first-order chi connectivity index (χ1) is 17.3. The molecule has 1 fully saturated rings. The van der Waals surface area contributed by atoms with Gasteiger partial charge in [-0.1, -0.05) is 6.07 Å². The number of nitrogens with two attached hydrogens (primary N) is 1. The van der Waals surface area contributed by atoms with Crippen molar-refractivity contribution < 1.29 is 31.2 Å². The summed E-state index contributed by atoms with van der Waals surface area (Å²) in [4.78, 5) is 27.8. The quantitative estimate of drug-likeness (QED) is 0.481. The number of nitrogens with one attached hydrogen (secondary N) is 1. The van der Waals surface area contributed by atoms with Gasteiger partial charge < -0.3 is 16.0 Å². The van der Waals surface area contributed by atoms with Crippen molar-refractivity contribution in [1.82, 2.24) is 10.2 Å². The molecule has 0 aliphatic heterocycles. The molecule has 12 heteroatoms. The van der Waals surface area contributed by atoms with Crippen molar-refractivity contribution in [2.45, 2.75) is 47.3 Å². The van der Waals surface area contributed by atoms with Crippen LogP contribution in [0.2, 0.25) is 0 Å². The van der Waals surface area contributed by atoms with Crippen LogP contribution < -0.4 is 11.1 Å². The highest BCUT2D eigenvalue weighted by Gasteiger charge is 2.37. The van der Waals surface area contributed by atoms with E-state index in [1.165, 1.54) is 29.8 Å². The number of thioether (sulfide) groups is 1. The fraction of sp³-hybridized carbons (Fsp3) is 0.440. The summed E-state index contributed by atoms with van der Waals surface area (Å²) in [5.74, 6) is -1.89. The van der Waals surface area contributed by atoms with Crippen molar-refractivity contribution in [3.8, 4) is 0 Å². The lowest BCUT2D eigenvalue weighted by Crippen LogP contribution is -2.51. The Labute approximate surface area is 218 Å². The number of alkyl halides is 3. The second kappa shape index (κ2) is 11.9. The molecule has 0 radical (unpaired) electrons. The van der Waals surface area contributed by atoms with Gasteiger partial charge in [-0.05, 0) is 73.9 Å². The van der Waals surface area contributed by atoms with Gasteiger partial charge in [0.25, 0.3) is 5.91 Å². The lowest BCUT2D eigenvalue weighted by atomic mass is 9.82. The summed E-state index contributed by atoms with van der Waals surface area (Å²) in [6.45, 7) is -0.441. The maximum atomic E-state index is 13.1. The van der Waals surface area contributed by atoms with Crippen LogP contribution in [-0.2, 0) is 20.8 Å². The van der Waals surface area contributed by atoms with Crippen molar-refractivity contribution in [2.24, 2.45) is 11.7 Å². The molecule has 2 amide bonds. The number of carbonyl (C=O) groups is 2. The molecule has 2 aromatic carbocycles. The van der Waals surface area contributed by atoms with Gasteiger partial charge in [-0.3, -0.25) is 9.59 Å². The van der Waals surface area contributed by atoms with Crippen LogP contribution in [0.25, 0.3) is 0 Å². The zero-order valence-electron chi connectivity index (χ0n) is 20.5. The van der Waals surface area contributed by atoms with E-state index in [1.54, 1.807) is 24.3 Å². The maximum Gasteiger partial charge on any atom is 0.416 e. The van der Waals surface area contributed by atoms with E-state index in [4.69, 9.17) is 5.73 Å². The Morgan fingerprint density at radius 3 is 2.43 bits per heavy atom. The Hall–Kier alpha value is -2.57. The Morgan fingerprint density at radius 2 is 1.81 bits per heavy atom. The first-order valence-electron chi connectivity index (χ1n) is 11.7. The zero-order chi connectivity index (χ0) is 27.4. The molecule has 0 unspecified atom stereocenters. The minimum absolute atomic E-state index is 0.182. The predicted octanol–water partition coefficient (Wildman–Crippen LogP) is 3.59. The van der Waals surface area contributed by atoms with Crippen LogP contribution in [0.1, 0.15) is 35.2 Å². The van der Waals surface area contributed by atoms with Crippen LogP contribution in [0.4, 0.5) is 13.2 Å². The van der Waals surface area contributed by atoms with E-state index < -0.39 is 51.9 Å².